The molecule has 1 aliphatic heterocycles. The second kappa shape index (κ2) is 7.35. The first-order chi connectivity index (χ1) is 10.4. The van der Waals surface area contributed by atoms with Gasteiger partial charge in [-0.2, -0.15) is 0 Å². The number of thioether (sulfide) groups is 1. The Labute approximate surface area is 132 Å². The molecular weight excluding hydrogens is 276 g/mol. The predicted octanol–water partition coefficient (Wildman–Crippen LogP) is 2.78. The molecule has 21 heavy (non-hydrogen) atoms. The zero-order valence-corrected chi connectivity index (χ0v) is 13.3. The van der Waals surface area contributed by atoms with Crippen molar-refractivity contribution in [3.05, 3.63) is 35.9 Å². The maximum atomic E-state index is 5.34. The van der Waals surface area contributed by atoms with E-state index in [0.29, 0.717) is 12.1 Å². The lowest BCUT2D eigenvalue weighted by atomic mass is 9.99. The van der Waals surface area contributed by atoms with Crippen molar-refractivity contribution in [2.24, 2.45) is 5.92 Å². The zero-order chi connectivity index (χ0) is 14.5. The fraction of sp³-hybridized carbons (Fsp3) is 0.556. The minimum Gasteiger partial charge on any atom is -0.311 e. The van der Waals surface area contributed by atoms with Crippen LogP contribution in [0.5, 0.6) is 0 Å². The Morgan fingerprint density at radius 2 is 2.10 bits per heavy atom. The molecule has 0 bridgehead atoms. The third-order valence-corrected chi connectivity index (χ3v) is 5.37. The summed E-state index contributed by atoms with van der Waals surface area (Å²) in [5.74, 6) is 5.59. The standard InChI is InChI=1S/C18H24N2S/c1-2-11-21-12-10-20-14-17(15-8-9-15)19-13-18(20)16-6-4-3-5-7-16/h1,3-7,15,17-19H,8-14H2. The van der Waals surface area contributed by atoms with Crippen LogP contribution in [0.4, 0.5) is 0 Å². The molecule has 1 heterocycles. The molecule has 2 fully saturated rings. The van der Waals surface area contributed by atoms with Gasteiger partial charge in [0, 0.05) is 37.5 Å². The van der Waals surface area contributed by atoms with Crippen molar-refractivity contribution in [3.63, 3.8) is 0 Å². The quantitative estimate of drug-likeness (QED) is 0.642. The summed E-state index contributed by atoms with van der Waals surface area (Å²) in [7, 11) is 0. The van der Waals surface area contributed by atoms with Crippen LogP contribution in [0.3, 0.4) is 0 Å². The molecule has 0 aromatic heterocycles. The highest BCUT2D eigenvalue weighted by atomic mass is 32.2. The van der Waals surface area contributed by atoms with Gasteiger partial charge in [-0.1, -0.05) is 36.3 Å². The fourth-order valence-electron chi connectivity index (χ4n) is 3.21. The van der Waals surface area contributed by atoms with Crippen molar-refractivity contribution >= 4 is 11.8 Å². The van der Waals surface area contributed by atoms with Crippen LogP contribution in [0.25, 0.3) is 0 Å². The van der Waals surface area contributed by atoms with E-state index >= 15 is 0 Å². The summed E-state index contributed by atoms with van der Waals surface area (Å²) < 4.78 is 0. The summed E-state index contributed by atoms with van der Waals surface area (Å²) in [5.41, 5.74) is 1.43. The number of terminal acetylenes is 1. The molecular formula is C18H24N2S. The Balaban J connectivity index is 1.63. The van der Waals surface area contributed by atoms with E-state index < -0.39 is 0 Å². The Bertz CT molecular complexity index is 478. The van der Waals surface area contributed by atoms with Gasteiger partial charge in [-0.15, -0.1) is 18.2 Å². The van der Waals surface area contributed by atoms with Gasteiger partial charge in [-0.3, -0.25) is 4.90 Å². The van der Waals surface area contributed by atoms with Gasteiger partial charge >= 0.3 is 0 Å². The van der Waals surface area contributed by atoms with E-state index in [1.165, 1.54) is 24.9 Å². The van der Waals surface area contributed by atoms with Crippen LogP contribution in [0, 0.1) is 18.3 Å². The van der Waals surface area contributed by atoms with E-state index in [4.69, 9.17) is 6.42 Å². The summed E-state index contributed by atoms with van der Waals surface area (Å²) in [6.45, 7) is 3.39. The number of piperazine rings is 1. The predicted molar refractivity (Wildman–Crippen MR) is 91.4 cm³/mol. The summed E-state index contributed by atoms with van der Waals surface area (Å²) in [6, 6.07) is 12.1. The maximum absolute atomic E-state index is 5.34. The van der Waals surface area contributed by atoms with Gasteiger partial charge in [0.1, 0.15) is 0 Å². The third-order valence-electron chi connectivity index (χ3n) is 4.53. The molecule has 0 amide bonds. The molecule has 2 unspecified atom stereocenters. The van der Waals surface area contributed by atoms with Gasteiger partial charge in [-0.25, -0.2) is 0 Å². The fourth-order valence-corrected chi connectivity index (χ4v) is 3.84. The maximum Gasteiger partial charge on any atom is 0.0545 e. The molecule has 0 radical (unpaired) electrons. The van der Waals surface area contributed by atoms with Crippen LogP contribution < -0.4 is 5.32 Å². The number of nitrogens with zero attached hydrogens (tertiary/aromatic N) is 1. The lowest BCUT2D eigenvalue weighted by Gasteiger charge is -2.41. The van der Waals surface area contributed by atoms with Crippen LogP contribution >= 0.6 is 11.8 Å². The highest BCUT2D eigenvalue weighted by Gasteiger charge is 2.37. The summed E-state index contributed by atoms with van der Waals surface area (Å²) in [5, 5.41) is 3.78. The van der Waals surface area contributed by atoms with E-state index in [1.54, 1.807) is 0 Å². The van der Waals surface area contributed by atoms with E-state index in [1.807, 2.05) is 11.8 Å². The average molecular weight is 300 g/mol. The Morgan fingerprint density at radius 1 is 1.29 bits per heavy atom. The SMILES string of the molecule is C#CCSCCN1CC(C2CC2)NCC1c1ccccc1. The molecule has 1 aromatic rings. The summed E-state index contributed by atoms with van der Waals surface area (Å²) >= 11 is 1.87. The van der Waals surface area contributed by atoms with Crippen LogP contribution in [-0.4, -0.2) is 42.1 Å². The lowest BCUT2D eigenvalue weighted by molar-refractivity contribution is 0.130. The third kappa shape index (κ3) is 4.03. The largest absolute Gasteiger partial charge is 0.311 e. The summed E-state index contributed by atoms with van der Waals surface area (Å²) in [6.07, 6.45) is 8.16. The summed E-state index contributed by atoms with van der Waals surface area (Å²) in [4.78, 5) is 2.67. The van der Waals surface area contributed by atoms with Crippen LogP contribution in [0.15, 0.2) is 30.3 Å². The first-order valence-electron chi connectivity index (χ1n) is 7.92. The van der Waals surface area contributed by atoms with Crippen molar-refractivity contribution in [1.29, 1.82) is 0 Å². The second-order valence-electron chi connectivity index (χ2n) is 6.03. The van der Waals surface area contributed by atoms with Gasteiger partial charge in [0.2, 0.25) is 0 Å². The number of rotatable bonds is 6. The average Bonchev–Trinajstić information content (AvgIpc) is 3.37. The minimum absolute atomic E-state index is 0.507. The molecule has 1 saturated carbocycles. The molecule has 3 rings (SSSR count). The monoisotopic (exact) mass is 300 g/mol. The first-order valence-corrected chi connectivity index (χ1v) is 9.07. The Kier molecular flexibility index (Phi) is 5.24. The van der Waals surface area contributed by atoms with Crippen LogP contribution in [-0.2, 0) is 0 Å². The molecule has 3 heteroatoms. The van der Waals surface area contributed by atoms with Gasteiger partial charge in [0.05, 0.1) is 5.75 Å². The van der Waals surface area contributed by atoms with Gasteiger partial charge in [0.15, 0.2) is 0 Å². The van der Waals surface area contributed by atoms with Crippen molar-refractivity contribution in [2.45, 2.75) is 24.9 Å². The highest BCUT2D eigenvalue weighted by molar-refractivity contribution is 7.99. The van der Waals surface area contributed by atoms with E-state index in [0.717, 1.165) is 30.5 Å². The Hall–Kier alpha value is -0.950. The molecule has 1 saturated heterocycles. The molecule has 0 spiro atoms. The van der Waals surface area contributed by atoms with Gasteiger partial charge < -0.3 is 5.32 Å². The first kappa shape index (κ1) is 15.0. The topological polar surface area (TPSA) is 15.3 Å². The molecule has 1 aromatic carbocycles. The second-order valence-corrected chi connectivity index (χ2v) is 7.14. The van der Waals surface area contributed by atoms with Crippen molar-refractivity contribution in [1.82, 2.24) is 10.2 Å². The van der Waals surface area contributed by atoms with Crippen molar-refractivity contribution in [2.75, 3.05) is 31.1 Å². The van der Waals surface area contributed by atoms with Gasteiger partial charge in [0.25, 0.3) is 0 Å². The molecule has 2 nitrogen and oxygen atoms in total. The van der Waals surface area contributed by atoms with Crippen LogP contribution in [0.2, 0.25) is 0 Å². The van der Waals surface area contributed by atoms with E-state index in [9.17, 15) is 0 Å². The number of nitrogens with one attached hydrogen (secondary N) is 1. The molecule has 2 aliphatic rings. The van der Waals surface area contributed by atoms with Crippen molar-refractivity contribution < 1.29 is 0 Å². The molecule has 1 aliphatic carbocycles. The molecule has 1 N–H and O–H groups in total. The minimum atomic E-state index is 0.507. The van der Waals surface area contributed by atoms with Gasteiger partial charge in [-0.05, 0) is 24.3 Å². The number of benzene rings is 1. The van der Waals surface area contributed by atoms with Crippen LogP contribution in [0.1, 0.15) is 24.4 Å². The van der Waals surface area contributed by atoms with E-state index in [2.05, 4.69) is 46.5 Å². The normalized spacial score (nSPS) is 26.4. The van der Waals surface area contributed by atoms with Crippen molar-refractivity contribution in [3.8, 4) is 12.3 Å². The number of hydrogen-bond donors (Lipinski definition) is 1. The molecule has 112 valence electrons. The zero-order valence-electron chi connectivity index (χ0n) is 12.5. The van der Waals surface area contributed by atoms with E-state index in [-0.39, 0.29) is 0 Å². The molecule has 2 atom stereocenters. The highest BCUT2D eigenvalue weighted by Crippen LogP contribution is 2.36. The lowest BCUT2D eigenvalue weighted by Crippen LogP contribution is -2.53. The number of hydrogen-bond acceptors (Lipinski definition) is 3. The smallest absolute Gasteiger partial charge is 0.0545 e. The Morgan fingerprint density at radius 3 is 2.81 bits per heavy atom.